The summed E-state index contributed by atoms with van der Waals surface area (Å²) in [7, 11) is 0. The van der Waals surface area contributed by atoms with Crippen LogP contribution in [0.5, 0.6) is 0 Å². The summed E-state index contributed by atoms with van der Waals surface area (Å²) in [6.45, 7) is 6.66. The van der Waals surface area contributed by atoms with Crippen LogP contribution in [0.25, 0.3) is 15.9 Å². The third-order valence-electron chi connectivity index (χ3n) is 6.43. The van der Waals surface area contributed by atoms with Crippen molar-refractivity contribution < 1.29 is 14.3 Å². The van der Waals surface area contributed by atoms with Crippen molar-refractivity contribution in [1.82, 2.24) is 9.47 Å². The zero-order valence-electron chi connectivity index (χ0n) is 21.8. The number of ether oxygens (including phenoxy) is 1. The van der Waals surface area contributed by atoms with E-state index < -0.39 is 5.60 Å². The van der Waals surface area contributed by atoms with Gasteiger partial charge in [-0.1, -0.05) is 59.9 Å². The number of amides is 1. The van der Waals surface area contributed by atoms with Crippen molar-refractivity contribution in [3.05, 3.63) is 94.3 Å². The first-order chi connectivity index (χ1) is 18.2. The maximum atomic E-state index is 13.8. The first-order valence-electron chi connectivity index (χ1n) is 12.8. The van der Waals surface area contributed by atoms with E-state index in [2.05, 4.69) is 5.32 Å². The molecule has 0 saturated carbocycles. The number of likely N-dealkylation sites (tertiary alicyclic amines) is 1. The fourth-order valence-electron chi connectivity index (χ4n) is 4.74. The Bertz CT molecular complexity index is 1520. The number of rotatable bonds is 5. The molecule has 2 aromatic carbocycles. The van der Waals surface area contributed by atoms with E-state index in [0.717, 1.165) is 23.9 Å². The second-order valence-corrected chi connectivity index (χ2v) is 11.5. The topological polar surface area (TPSA) is 80.6 Å². The number of para-hydroxylation sites is 1. The highest BCUT2D eigenvalue weighted by Gasteiger charge is 2.30. The van der Waals surface area contributed by atoms with Gasteiger partial charge in [0.15, 0.2) is 5.78 Å². The van der Waals surface area contributed by atoms with Gasteiger partial charge in [-0.2, -0.15) is 0 Å². The summed E-state index contributed by atoms with van der Waals surface area (Å²) in [5.74, 6) is -0.114. The lowest BCUT2D eigenvalue weighted by Crippen LogP contribution is -2.47. The van der Waals surface area contributed by atoms with Gasteiger partial charge < -0.3 is 15.0 Å². The highest BCUT2D eigenvalue weighted by Crippen LogP contribution is 2.38. The summed E-state index contributed by atoms with van der Waals surface area (Å²) in [6, 6.07) is 21.8. The van der Waals surface area contributed by atoms with E-state index in [1.54, 1.807) is 27.7 Å². The zero-order chi connectivity index (χ0) is 26.9. The normalized spacial score (nSPS) is 15.9. The van der Waals surface area contributed by atoms with Crippen LogP contribution < -0.4 is 10.9 Å². The number of hydrogen-bond acceptors (Lipinski definition) is 6. The summed E-state index contributed by atoms with van der Waals surface area (Å²) in [4.78, 5) is 42.0. The minimum Gasteiger partial charge on any atom is -0.444 e. The Labute approximate surface area is 225 Å². The summed E-state index contributed by atoms with van der Waals surface area (Å²) in [5, 5.41) is 4.98. The van der Waals surface area contributed by atoms with Crippen molar-refractivity contribution in [2.45, 2.75) is 45.3 Å². The second-order valence-electron chi connectivity index (χ2n) is 10.5. The van der Waals surface area contributed by atoms with Crippen molar-refractivity contribution in [3.8, 4) is 5.69 Å². The average Bonchev–Trinajstić information content (AvgIpc) is 3.26. The van der Waals surface area contributed by atoms with Gasteiger partial charge in [-0.25, -0.2) is 4.79 Å². The van der Waals surface area contributed by atoms with Crippen molar-refractivity contribution in [2.75, 3.05) is 18.4 Å². The molecule has 1 saturated heterocycles. The number of benzene rings is 2. The molecular weight excluding hydrogens is 498 g/mol. The van der Waals surface area contributed by atoms with Crippen LogP contribution in [0.2, 0.25) is 0 Å². The number of fused-ring (bicyclic) bond motifs is 1. The quantitative estimate of drug-likeness (QED) is 0.316. The van der Waals surface area contributed by atoms with Crippen LogP contribution in [0.1, 0.15) is 49.5 Å². The van der Waals surface area contributed by atoms with Gasteiger partial charge in [-0.3, -0.25) is 14.2 Å². The molecule has 1 aliphatic rings. The van der Waals surface area contributed by atoms with E-state index in [0.29, 0.717) is 34.0 Å². The molecular formula is C30H31N3O4S. The molecule has 1 atom stereocenters. The lowest BCUT2D eigenvalue weighted by atomic mass is 10.0. The maximum Gasteiger partial charge on any atom is 0.410 e. The van der Waals surface area contributed by atoms with Crippen LogP contribution in [-0.4, -0.2) is 46.1 Å². The summed E-state index contributed by atoms with van der Waals surface area (Å²) in [5.41, 5.74) is 1.12. The summed E-state index contributed by atoms with van der Waals surface area (Å²) < 4.78 is 7.24. The average molecular weight is 530 g/mol. The van der Waals surface area contributed by atoms with Crippen molar-refractivity contribution in [2.24, 2.45) is 0 Å². The molecule has 7 nitrogen and oxygen atoms in total. The van der Waals surface area contributed by atoms with Gasteiger partial charge in [0.2, 0.25) is 0 Å². The fraction of sp³-hybridized carbons (Fsp3) is 0.300. The number of nitrogens with zero attached hydrogens (tertiary/aromatic N) is 2. The van der Waals surface area contributed by atoms with Gasteiger partial charge in [0.25, 0.3) is 5.56 Å². The van der Waals surface area contributed by atoms with Crippen LogP contribution in [-0.2, 0) is 4.74 Å². The molecule has 1 N–H and O–H groups in total. The Hall–Kier alpha value is -3.91. The predicted octanol–water partition coefficient (Wildman–Crippen LogP) is 6.09. The van der Waals surface area contributed by atoms with E-state index >= 15 is 0 Å². The molecule has 5 rings (SSSR count). The first-order valence-corrected chi connectivity index (χ1v) is 13.6. The number of carbonyl (C=O) groups is 2. The van der Waals surface area contributed by atoms with Gasteiger partial charge in [0, 0.05) is 36.1 Å². The standard InChI is InChI=1S/C30H31N3O4S/c1-30(2,3)37-29(36)32-18-10-13-21(19-32)31-27-25(26(35)20-11-6-4-7-12-20)23-16-17-24(34)33(28(23)38-27)22-14-8-5-9-15-22/h4-9,11-12,14-17,21,31H,10,13,18-19H2,1-3H3/t21-/m1/s1. The predicted molar refractivity (Wildman–Crippen MR) is 152 cm³/mol. The van der Waals surface area contributed by atoms with E-state index in [9.17, 15) is 14.4 Å². The molecule has 196 valence electrons. The van der Waals surface area contributed by atoms with E-state index in [1.165, 1.54) is 17.4 Å². The molecule has 1 fully saturated rings. The largest absolute Gasteiger partial charge is 0.444 e. The lowest BCUT2D eigenvalue weighted by molar-refractivity contribution is 0.0206. The van der Waals surface area contributed by atoms with Gasteiger partial charge in [-0.15, -0.1) is 0 Å². The number of pyridine rings is 1. The van der Waals surface area contributed by atoms with Crippen LogP contribution in [0.4, 0.5) is 9.80 Å². The number of hydrogen-bond donors (Lipinski definition) is 1. The zero-order valence-corrected chi connectivity index (χ0v) is 22.6. The smallest absolute Gasteiger partial charge is 0.410 e. The molecule has 4 aromatic rings. The van der Waals surface area contributed by atoms with Crippen molar-refractivity contribution >= 4 is 38.4 Å². The van der Waals surface area contributed by atoms with Crippen LogP contribution >= 0.6 is 11.3 Å². The van der Waals surface area contributed by atoms with E-state index in [1.807, 2.05) is 69.3 Å². The molecule has 0 aliphatic carbocycles. The third-order valence-corrected chi connectivity index (χ3v) is 7.55. The van der Waals surface area contributed by atoms with Gasteiger partial charge in [-0.05, 0) is 51.8 Å². The van der Waals surface area contributed by atoms with Gasteiger partial charge in [0.05, 0.1) is 11.3 Å². The number of thiophene rings is 1. The highest BCUT2D eigenvalue weighted by molar-refractivity contribution is 7.23. The fourth-order valence-corrected chi connectivity index (χ4v) is 6.03. The molecule has 0 spiro atoms. The Morgan fingerprint density at radius 2 is 1.66 bits per heavy atom. The molecule has 0 bridgehead atoms. The third kappa shape index (κ3) is 5.36. The second kappa shape index (κ2) is 10.5. The minimum absolute atomic E-state index is 0.0662. The van der Waals surface area contributed by atoms with Crippen LogP contribution in [0.3, 0.4) is 0 Å². The van der Waals surface area contributed by atoms with E-state index in [-0.39, 0.29) is 23.5 Å². The Morgan fingerprint density at radius 1 is 0.974 bits per heavy atom. The Kier molecular flexibility index (Phi) is 7.08. The van der Waals surface area contributed by atoms with Crippen LogP contribution in [0.15, 0.2) is 77.6 Å². The molecule has 2 aromatic heterocycles. The number of carbonyl (C=O) groups excluding carboxylic acids is 2. The lowest BCUT2D eigenvalue weighted by Gasteiger charge is -2.34. The molecule has 1 amide bonds. The molecule has 1 aliphatic heterocycles. The van der Waals surface area contributed by atoms with Crippen molar-refractivity contribution in [3.63, 3.8) is 0 Å². The van der Waals surface area contributed by atoms with E-state index in [4.69, 9.17) is 4.74 Å². The number of anilines is 1. The highest BCUT2D eigenvalue weighted by atomic mass is 32.1. The molecule has 8 heteroatoms. The van der Waals surface area contributed by atoms with Gasteiger partial charge >= 0.3 is 6.09 Å². The molecule has 3 heterocycles. The molecule has 38 heavy (non-hydrogen) atoms. The van der Waals surface area contributed by atoms with Gasteiger partial charge in [0.1, 0.15) is 15.4 Å². The van der Waals surface area contributed by atoms with Crippen molar-refractivity contribution in [1.29, 1.82) is 0 Å². The maximum absolute atomic E-state index is 13.8. The SMILES string of the molecule is CC(C)(C)OC(=O)N1CCC[C@@H](Nc2sc3c(ccc(=O)n3-c3ccccc3)c2C(=O)c2ccccc2)C1. The first kappa shape index (κ1) is 25.7. The number of aromatic nitrogens is 1. The number of piperidine rings is 1. The summed E-state index contributed by atoms with van der Waals surface area (Å²) in [6.07, 6.45) is 1.33. The number of nitrogens with one attached hydrogen (secondary N) is 1. The molecule has 0 unspecified atom stereocenters. The number of ketones is 1. The monoisotopic (exact) mass is 529 g/mol. The Balaban J connectivity index is 1.57. The minimum atomic E-state index is -0.570. The van der Waals surface area contributed by atoms with Crippen LogP contribution in [0, 0.1) is 0 Å². The Morgan fingerprint density at radius 3 is 2.34 bits per heavy atom. The summed E-state index contributed by atoms with van der Waals surface area (Å²) >= 11 is 1.39. The molecule has 0 radical (unpaired) electrons.